The average molecular weight is 330 g/mol. The van der Waals surface area contributed by atoms with Crippen molar-refractivity contribution in [3.8, 4) is 0 Å². The Bertz CT molecular complexity index is 585. The molecule has 0 radical (unpaired) electrons. The molecule has 3 rings (SSSR count). The maximum atomic E-state index is 12.3. The Morgan fingerprint density at radius 2 is 1.50 bits per heavy atom. The van der Waals surface area contributed by atoms with Crippen LogP contribution in [0.4, 0.5) is 0 Å². The van der Waals surface area contributed by atoms with Crippen LogP contribution in [0.25, 0.3) is 0 Å². The van der Waals surface area contributed by atoms with Gasteiger partial charge in [0, 0.05) is 23.7 Å². The van der Waals surface area contributed by atoms with E-state index in [1.165, 1.54) is 0 Å². The van der Waals surface area contributed by atoms with Crippen LogP contribution in [0.3, 0.4) is 0 Å². The van der Waals surface area contributed by atoms with Crippen molar-refractivity contribution in [2.75, 3.05) is 6.54 Å². The first-order valence-electron chi connectivity index (χ1n) is 8.97. The van der Waals surface area contributed by atoms with Crippen LogP contribution in [-0.2, 0) is 0 Å². The number of benzene rings is 1. The Morgan fingerprint density at radius 3 is 2.04 bits per heavy atom. The number of carbonyl (C=O) groups excluding carboxylic acids is 2. The summed E-state index contributed by atoms with van der Waals surface area (Å²) in [5, 5.41) is 16.3. The summed E-state index contributed by atoms with van der Waals surface area (Å²) in [6.45, 7) is 0.287. The zero-order valence-electron chi connectivity index (χ0n) is 14.0. The zero-order chi connectivity index (χ0) is 17.0. The van der Waals surface area contributed by atoms with Gasteiger partial charge in [0.2, 0.25) is 0 Å². The number of nitrogens with one attached hydrogen (secondary N) is 2. The SMILES string of the molecule is O=C(NCC1(O)CCCCCC1)c1ccc(C(=O)NC2CC2)cc1. The molecule has 0 aromatic heterocycles. The molecular formula is C19H26N2O3. The molecule has 130 valence electrons. The van der Waals surface area contributed by atoms with Crippen molar-refractivity contribution in [3.63, 3.8) is 0 Å². The molecule has 2 aliphatic carbocycles. The highest BCUT2D eigenvalue weighted by Gasteiger charge is 2.28. The monoisotopic (exact) mass is 330 g/mol. The van der Waals surface area contributed by atoms with Gasteiger partial charge in [-0.2, -0.15) is 0 Å². The Balaban J connectivity index is 1.53. The van der Waals surface area contributed by atoms with Crippen LogP contribution in [0.15, 0.2) is 24.3 Å². The topological polar surface area (TPSA) is 78.4 Å². The van der Waals surface area contributed by atoms with E-state index in [1.54, 1.807) is 24.3 Å². The van der Waals surface area contributed by atoms with Crippen LogP contribution in [0.2, 0.25) is 0 Å². The van der Waals surface area contributed by atoms with E-state index in [0.29, 0.717) is 17.2 Å². The first-order chi connectivity index (χ1) is 11.6. The Morgan fingerprint density at radius 1 is 0.958 bits per heavy atom. The van der Waals surface area contributed by atoms with E-state index < -0.39 is 5.60 Å². The minimum absolute atomic E-state index is 0.0859. The lowest BCUT2D eigenvalue weighted by Gasteiger charge is -2.26. The van der Waals surface area contributed by atoms with Crippen molar-refractivity contribution in [2.24, 2.45) is 0 Å². The maximum absolute atomic E-state index is 12.3. The fraction of sp³-hybridized carbons (Fsp3) is 0.579. The van der Waals surface area contributed by atoms with Gasteiger partial charge in [-0.3, -0.25) is 9.59 Å². The molecule has 5 heteroatoms. The number of carbonyl (C=O) groups is 2. The lowest BCUT2D eigenvalue weighted by molar-refractivity contribution is 0.0246. The molecule has 2 fully saturated rings. The van der Waals surface area contributed by atoms with Gasteiger partial charge in [0.1, 0.15) is 0 Å². The van der Waals surface area contributed by atoms with E-state index in [4.69, 9.17) is 0 Å². The molecular weight excluding hydrogens is 304 g/mol. The molecule has 0 spiro atoms. The van der Waals surface area contributed by atoms with E-state index in [2.05, 4.69) is 10.6 Å². The number of rotatable bonds is 5. The average Bonchev–Trinajstić information content (AvgIpc) is 3.41. The highest BCUT2D eigenvalue weighted by atomic mass is 16.3. The fourth-order valence-corrected chi connectivity index (χ4v) is 3.18. The molecule has 0 atom stereocenters. The lowest BCUT2D eigenvalue weighted by atomic mass is 9.94. The molecule has 0 bridgehead atoms. The van der Waals surface area contributed by atoms with Crippen molar-refractivity contribution in [2.45, 2.75) is 63.0 Å². The number of amides is 2. The number of hydrogen-bond acceptors (Lipinski definition) is 3. The Labute approximate surface area is 142 Å². The first-order valence-corrected chi connectivity index (χ1v) is 8.97. The molecule has 1 aromatic carbocycles. The number of hydrogen-bond donors (Lipinski definition) is 3. The minimum atomic E-state index is -0.781. The fourth-order valence-electron chi connectivity index (χ4n) is 3.18. The molecule has 0 aliphatic heterocycles. The molecule has 0 unspecified atom stereocenters. The van der Waals surface area contributed by atoms with Gasteiger partial charge in [-0.05, 0) is 49.9 Å². The van der Waals surface area contributed by atoms with E-state index >= 15 is 0 Å². The van der Waals surface area contributed by atoms with Crippen molar-refractivity contribution in [1.29, 1.82) is 0 Å². The molecule has 5 nitrogen and oxygen atoms in total. The van der Waals surface area contributed by atoms with Crippen LogP contribution in [0.5, 0.6) is 0 Å². The van der Waals surface area contributed by atoms with Gasteiger partial charge in [-0.25, -0.2) is 0 Å². The summed E-state index contributed by atoms with van der Waals surface area (Å²) >= 11 is 0. The van der Waals surface area contributed by atoms with Crippen LogP contribution in [-0.4, -0.2) is 35.1 Å². The third kappa shape index (κ3) is 4.57. The van der Waals surface area contributed by atoms with Crippen molar-refractivity contribution in [1.82, 2.24) is 10.6 Å². The van der Waals surface area contributed by atoms with Crippen molar-refractivity contribution < 1.29 is 14.7 Å². The predicted molar refractivity (Wildman–Crippen MR) is 91.9 cm³/mol. The summed E-state index contributed by atoms with van der Waals surface area (Å²) in [7, 11) is 0. The lowest BCUT2D eigenvalue weighted by Crippen LogP contribution is -2.42. The maximum Gasteiger partial charge on any atom is 0.251 e. The van der Waals surface area contributed by atoms with E-state index in [1.807, 2.05) is 0 Å². The zero-order valence-corrected chi connectivity index (χ0v) is 14.0. The summed E-state index contributed by atoms with van der Waals surface area (Å²) in [4.78, 5) is 24.2. The van der Waals surface area contributed by atoms with Crippen molar-refractivity contribution in [3.05, 3.63) is 35.4 Å². The molecule has 0 saturated heterocycles. The van der Waals surface area contributed by atoms with Gasteiger partial charge < -0.3 is 15.7 Å². The van der Waals surface area contributed by atoms with E-state index in [9.17, 15) is 14.7 Å². The molecule has 2 aliphatic rings. The van der Waals surface area contributed by atoms with Gasteiger partial charge in [-0.1, -0.05) is 25.7 Å². The predicted octanol–water partition coefficient (Wildman–Crippen LogP) is 2.39. The summed E-state index contributed by atoms with van der Waals surface area (Å²) in [6, 6.07) is 6.99. The molecule has 3 N–H and O–H groups in total. The van der Waals surface area contributed by atoms with Crippen LogP contribution in [0, 0.1) is 0 Å². The second-order valence-electron chi connectivity index (χ2n) is 7.15. The largest absolute Gasteiger partial charge is 0.388 e. The minimum Gasteiger partial charge on any atom is -0.388 e. The molecule has 2 amide bonds. The second kappa shape index (κ2) is 7.34. The third-order valence-electron chi connectivity index (χ3n) is 4.93. The molecule has 0 heterocycles. The summed E-state index contributed by atoms with van der Waals surface area (Å²) < 4.78 is 0. The Hall–Kier alpha value is -1.88. The van der Waals surface area contributed by atoms with Gasteiger partial charge >= 0.3 is 0 Å². The van der Waals surface area contributed by atoms with Crippen LogP contribution < -0.4 is 10.6 Å². The quantitative estimate of drug-likeness (QED) is 0.725. The standard InChI is InChI=1S/C19H26N2O3/c22-17(20-13-19(24)11-3-1-2-4-12-19)14-5-7-15(8-6-14)18(23)21-16-9-10-16/h5-8,16,24H,1-4,9-13H2,(H,20,22)(H,21,23). The summed E-state index contributed by atoms with van der Waals surface area (Å²) in [5.74, 6) is -0.293. The summed E-state index contributed by atoms with van der Waals surface area (Å²) in [6.07, 6.45) is 7.92. The smallest absolute Gasteiger partial charge is 0.251 e. The van der Waals surface area contributed by atoms with Gasteiger partial charge in [0.05, 0.1) is 5.60 Å². The highest BCUT2D eigenvalue weighted by molar-refractivity contribution is 5.98. The van der Waals surface area contributed by atoms with E-state index in [-0.39, 0.29) is 18.4 Å². The molecule has 24 heavy (non-hydrogen) atoms. The van der Waals surface area contributed by atoms with Gasteiger partial charge in [-0.15, -0.1) is 0 Å². The Kier molecular flexibility index (Phi) is 5.19. The molecule has 2 saturated carbocycles. The van der Waals surface area contributed by atoms with E-state index in [0.717, 1.165) is 51.4 Å². The van der Waals surface area contributed by atoms with Gasteiger partial charge in [0.25, 0.3) is 11.8 Å². The first kappa shape index (κ1) is 17.0. The molecule has 1 aromatic rings. The van der Waals surface area contributed by atoms with Crippen molar-refractivity contribution >= 4 is 11.8 Å². The normalized spacial score (nSPS) is 20.0. The second-order valence-corrected chi connectivity index (χ2v) is 7.15. The number of aliphatic hydroxyl groups is 1. The van der Waals surface area contributed by atoms with Gasteiger partial charge in [0.15, 0.2) is 0 Å². The van der Waals surface area contributed by atoms with Crippen LogP contribution in [0.1, 0.15) is 72.1 Å². The third-order valence-corrected chi connectivity index (χ3v) is 4.93. The highest BCUT2D eigenvalue weighted by Crippen LogP contribution is 2.26. The summed E-state index contributed by atoms with van der Waals surface area (Å²) in [5.41, 5.74) is 0.298. The van der Waals surface area contributed by atoms with Crippen LogP contribution >= 0.6 is 0 Å².